The Morgan fingerprint density at radius 3 is 2.11 bits per heavy atom. The fourth-order valence-electron chi connectivity index (χ4n) is 3.63. The lowest BCUT2D eigenvalue weighted by molar-refractivity contribution is -0.145. The Labute approximate surface area is 215 Å². The number of para-hydroxylation sites is 1. The molecule has 0 saturated heterocycles. The zero-order chi connectivity index (χ0) is 26.9. The Bertz CT molecular complexity index is 854. The van der Waals surface area contributed by atoms with Gasteiger partial charge in [-0.15, -0.1) is 0 Å². The van der Waals surface area contributed by atoms with Crippen molar-refractivity contribution in [2.75, 3.05) is 5.75 Å². The monoisotopic (exact) mass is 509 g/mol. The maximum Gasteiger partial charge on any atom is 0.408 e. The highest BCUT2D eigenvalue weighted by Crippen LogP contribution is 2.32. The van der Waals surface area contributed by atoms with Crippen molar-refractivity contribution in [3.8, 4) is 5.75 Å². The standard InChI is InChI=1S/C26H43N3O5S/c1-16(2)13-14-18(5)29(24(32)20(15-35)28-25(33)34-26(6,7)8)22(23(31)27-17(3)4)19-11-9-10-12-21(19)30/h9-12,16-18,20,22,30,35H,13-15H2,1-8H3,(H,27,31)(H,28,33). The average Bonchev–Trinajstić information content (AvgIpc) is 2.72. The number of carbonyl (C=O) groups excluding carboxylic acids is 3. The maximum absolute atomic E-state index is 13.9. The van der Waals surface area contributed by atoms with E-state index in [2.05, 4.69) is 37.1 Å². The molecule has 0 aliphatic carbocycles. The number of carbonyl (C=O) groups is 3. The van der Waals surface area contributed by atoms with Gasteiger partial charge in [0.25, 0.3) is 0 Å². The molecule has 0 bridgehead atoms. The summed E-state index contributed by atoms with van der Waals surface area (Å²) in [6.07, 6.45) is 0.717. The lowest BCUT2D eigenvalue weighted by Gasteiger charge is -2.39. The van der Waals surface area contributed by atoms with Crippen LogP contribution in [0.1, 0.15) is 79.8 Å². The van der Waals surface area contributed by atoms with E-state index in [1.165, 1.54) is 11.0 Å². The lowest BCUT2D eigenvalue weighted by Crippen LogP contribution is -2.56. The minimum Gasteiger partial charge on any atom is -0.508 e. The van der Waals surface area contributed by atoms with Crippen LogP contribution in [0.15, 0.2) is 24.3 Å². The third kappa shape index (κ3) is 9.99. The van der Waals surface area contributed by atoms with E-state index in [0.717, 1.165) is 6.42 Å². The van der Waals surface area contributed by atoms with Crippen LogP contribution in [0.25, 0.3) is 0 Å². The second kappa shape index (κ2) is 13.6. The Kier molecular flexibility index (Phi) is 11.9. The van der Waals surface area contributed by atoms with Gasteiger partial charge in [-0.05, 0) is 66.4 Å². The molecule has 0 aromatic heterocycles. The van der Waals surface area contributed by atoms with Crippen LogP contribution in [0.3, 0.4) is 0 Å². The van der Waals surface area contributed by atoms with Crippen molar-refractivity contribution < 1.29 is 24.2 Å². The quantitative estimate of drug-likeness (QED) is 0.330. The number of rotatable bonds is 11. The smallest absolute Gasteiger partial charge is 0.408 e. The molecule has 9 heteroatoms. The Hall–Kier alpha value is -2.42. The molecule has 1 aromatic carbocycles. The molecule has 3 amide bonds. The number of nitrogens with zero attached hydrogens (tertiary/aromatic N) is 1. The van der Waals surface area contributed by atoms with Gasteiger partial charge in [-0.3, -0.25) is 9.59 Å². The van der Waals surface area contributed by atoms with E-state index >= 15 is 0 Å². The van der Waals surface area contributed by atoms with E-state index in [4.69, 9.17) is 4.74 Å². The molecule has 0 fully saturated rings. The Morgan fingerprint density at radius 1 is 1.03 bits per heavy atom. The SMILES string of the molecule is CC(C)CCC(C)N(C(=O)C(CS)NC(=O)OC(C)(C)C)C(C(=O)NC(C)C)c1ccccc1O. The van der Waals surface area contributed by atoms with Crippen molar-refractivity contribution in [1.82, 2.24) is 15.5 Å². The molecule has 0 heterocycles. The minimum atomic E-state index is -1.10. The summed E-state index contributed by atoms with van der Waals surface area (Å²) < 4.78 is 5.33. The van der Waals surface area contributed by atoms with Crippen LogP contribution in [-0.2, 0) is 14.3 Å². The van der Waals surface area contributed by atoms with Crippen LogP contribution in [-0.4, -0.2) is 57.4 Å². The number of thiol groups is 1. The van der Waals surface area contributed by atoms with Gasteiger partial charge in [0.05, 0.1) is 0 Å². The first kappa shape index (κ1) is 30.6. The van der Waals surface area contributed by atoms with Crippen molar-refractivity contribution in [3.05, 3.63) is 29.8 Å². The van der Waals surface area contributed by atoms with Gasteiger partial charge in [0.15, 0.2) is 0 Å². The number of hydrogen-bond acceptors (Lipinski definition) is 6. The van der Waals surface area contributed by atoms with Crippen LogP contribution in [0.2, 0.25) is 0 Å². The summed E-state index contributed by atoms with van der Waals surface area (Å²) in [5.74, 6) is -0.586. The van der Waals surface area contributed by atoms with Crippen molar-refractivity contribution in [3.63, 3.8) is 0 Å². The molecule has 3 atom stereocenters. The average molecular weight is 510 g/mol. The largest absolute Gasteiger partial charge is 0.508 e. The number of alkyl carbamates (subject to hydrolysis) is 1. The van der Waals surface area contributed by atoms with Gasteiger partial charge in [0.1, 0.15) is 23.4 Å². The molecule has 8 nitrogen and oxygen atoms in total. The first-order valence-electron chi connectivity index (χ1n) is 12.2. The van der Waals surface area contributed by atoms with E-state index in [-0.39, 0.29) is 23.6 Å². The predicted octanol–water partition coefficient (Wildman–Crippen LogP) is 4.43. The molecule has 0 aliphatic heterocycles. The maximum atomic E-state index is 13.9. The summed E-state index contributed by atoms with van der Waals surface area (Å²) >= 11 is 4.30. The van der Waals surface area contributed by atoms with Crippen LogP contribution in [0.4, 0.5) is 4.79 Å². The van der Waals surface area contributed by atoms with E-state index in [1.54, 1.807) is 39.0 Å². The number of phenols is 1. The molecule has 1 aromatic rings. The number of benzene rings is 1. The molecular weight excluding hydrogens is 466 g/mol. The number of phenolic OH excluding ortho intramolecular Hbond substituents is 1. The van der Waals surface area contributed by atoms with E-state index in [9.17, 15) is 19.5 Å². The number of aromatic hydroxyl groups is 1. The summed E-state index contributed by atoms with van der Waals surface area (Å²) in [5, 5.41) is 16.1. The Morgan fingerprint density at radius 2 is 1.63 bits per heavy atom. The molecule has 198 valence electrons. The molecule has 1 rings (SSSR count). The second-order valence-electron chi connectivity index (χ2n) is 10.6. The highest BCUT2D eigenvalue weighted by molar-refractivity contribution is 7.80. The zero-order valence-corrected chi connectivity index (χ0v) is 23.2. The molecule has 3 N–H and O–H groups in total. The topological polar surface area (TPSA) is 108 Å². The molecule has 0 aliphatic rings. The number of hydrogen-bond donors (Lipinski definition) is 4. The van der Waals surface area contributed by atoms with Crippen LogP contribution < -0.4 is 10.6 Å². The highest BCUT2D eigenvalue weighted by atomic mass is 32.1. The van der Waals surface area contributed by atoms with Crippen molar-refractivity contribution >= 4 is 30.5 Å². The molecular formula is C26H43N3O5S. The van der Waals surface area contributed by atoms with Gasteiger partial charge in [-0.2, -0.15) is 12.6 Å². The van der Waals surface area contributed by atoms with Gasteiger partial charge in [-0.25, -0.2) is 4.79 Å². The van der Waals surface area contributed by atoms with Crippen molar-refractivity contribution in [2.24, 2.45) is 5.92 Å². The van der Waals surface area contributed by atoms with Crippen LogP contribution in [0.5, 0.6) is 5.75 Å². The normalized spacial score (nSPS) is 14.3. The first-order valence-corrected chi connectivity index (χ1v) is 12.8. The van der Waals surface area contributed by atoms with Crippen molar-refractivity contribution in [1.29, 1.82) is 0 Å². The zero-order valence-electron chi connectivity index (χ0n) is 22.3. The summed E-state index contributed by atoms with van der Waals surface area (Å²) in [5.41, 5.74) is -0.431. The lowest BCUT2D eigenvalue weighted by atomic mass is 9.96. The number of amides is 3. The van der Waals surface area contributed by atoms with Gasteiger partial charge >= 0.3 is 6.09 Å². The van der Waals surface area contributed by atoms with E-state index in [1.807, 2.05) is 20.8 Å². The summed E-state index contributed by atoms with van der Waals surface area (Å²) in [7, 11) is 0. The van der Waals surface area contributed by atoms with Gasteiger partial charge in [-0.1, -0.05) is 32.0 Å². The third-order valence-electron chi connectivity index (χ3n) is 5.25. The Balaban J connectivity index is 3.52. The molecule has 0 radical (unpaired) electrons. The second-order valence-corrected chi connectivity index (χ2v) is 10.9. The first-order chi connectivity index (χ1) is 16.2. The van der Waals surface area contributed by atoms with Gasteiger partial charge in [0.2, 0.25) is 11.8 Å². The van der Waals surface area contributed by atoms with Crippen LogP contribution >= 0.6 is 12.6 Å². The van der Waals surface area contributed by atoms with Crippen LogP contribution in [0, 0.1) is 5.92 Å². The molecule has 35 heavy (non-hydrogen) atoms. The summed E-state index contributed by atoms with van der Waals surface area (Å²) in [6.45, 7) is 14.9. The molecule has 3 unspecified atom stereocenters. The van der Waals surface area contributed by atoms with E-state index in [0.29, 0.717) is 17.9 Å². The fourth-order valence-corrected chi connectivity index (χ4v) is 3.87. The van der Waals surface area contributed by atoms with Crippen molar-refractivity contribution in [2.45, 2.75) is 98.0 Å². The molecule has 0 saturated carbocycles. The fraction of sp³-hybridized carbons (Fsp3) is 0.654. The van der Waals surface area contributed by atoms with Gasteiger partial charge < -0.3 is 25.4 Å². The third-order valence-corrected chi connectivity index (χ3v) is 5.62. The summed E-state index contributed by atoms with van der Waals surface area (Å²) in [4.78, 5) is 41.3. The minimum absolute atomic E-state index is 0.00473. The predicted molar refractivity (Wildman–Crippen MR) is 142 cm³/mol. The van der Waals surface area contributed by atoms with Gasteiger partial charge in [0, 0.05) is 23.4 Å². The number of ether oxygens (including phenoxy) is 1. The summed E-state index contributed by atoms with van der Waals surface area (Å²) in [6, 6.07) is 3.81. The highest BCUT2D eigenvalue weighted by Gasteiger charge is 2.39. The molecule has 0 spiro atoms. The number of nitrogens with one attached hydrogen (secondary N) is 2. The van der Waals surface area contributed by atoms with E-state index < -0.39 is 35.6 Å².